The molecule has 222 valence electrons. The summed E-state index contributed by atoms with van der Waals surface area (Å²) in [6.07, 6.45) is 7.00. The lowest BCUT2D eigenvalue weighted by molar-refractivity contribution is 0.103. The van der Waals surface area contributed by atoms with Crippen LogP contribution in [-0.2, 0) is 6.61 Å². The second-order valence-electron chi connectivity index (χ2n) is 11.9. The highest BCUT2D eigenvalue weighted by atomic mass is 28.3. The average molecular weight is 598 g/mol. The minimum absolute atomic E-state index is 0.0833. The molecule has 0 N–H and O–H groups in total. The van der Waals surface area contributed by atoms with Crippen molar-refractivity contribution < 1.29 is 18.3 Å². The third-order valence-corrected chi connectivity index (χ3v) is 15.3. The molecule has 0 spiro atoms. The smallest absolute Gasteiger partial charge is 0.201 e. The van der Waals surface area contributed by atoms with Gasteiger partial charge in [0.05, 0.1) is 5.56 Å². The molecular formula is C35H37F2N3O2Si. The third-order valence-electron chi connectivity index (χ3n) is 8.59. The molecule has 0 amide bonds. The molecule has 0 bridgehead atoms. The second kappa shape index (κ2) is 12.2. The highest BCUT2D eigenvalue weighted by Gasteiger charge is 2.47. The number of halogens is 2. The number of benzene rings is 2. The molecule has 0 saturated heterocycles. The fourth-order valence-corrected chi connectivity index (χ4v) is 13.4. The summed E-state index contributed by atoms with van der Waals surface area (Å²) in [4.78, 5) is 23.4. The van der Waals surface area contributed by atoms with E-state index in [1.165, 1.54) is 6.07 Å². The van der Waals surface area contributed by atoms with Gasteiger partial charge < -0.3 is 8.97 Å². The number of carbonyl (C=O) groups excluding carboxylic acids is 1. The first kappa shape index (κ1) is 30.3. The Morgan fingerprint density at radius 2 is 1.58 bits per heavy atom. The predicted octanol–water partition coefficient (Wildman–Crippen LogP) is 9.21. The molecule has 3 heterocycles. The Labute approximate surface area is 252 Å². The number of aromatic nitrogens is 3. The van der Waals surface area contributed by atoms with Crippen molar-refractivity contribution in [3.63, 3.8) is 0 Å². The molecule has 43 heavy (non-hydrogen) atoms. The number of carbonyl (C=O) groups is 1. The number of hydrogen-bond donors (Lipinski definition) is 0. The van der Waals surface area contributed by atoms with Gasteiger partial charge in [0.2, 0.25) is 5.78 Å². The highest BCUT2D eigenvalue weighted by Crippen LogP contribution is 2.45. The molecule has 3 aromatic heterocycles. The normalized spacial score (nSPS) is 12.1. The van der Waals surface area contributed by atoms with Crippen LogP contribution in [0, 0.1) is 11.6 Å². The molecule has 0 aliphatic heterocycles. The van der Waals surface area contributed by atoms with E-state index < -0.39 is 31.2 Å². The van der Waals surface area contributed by atoms with Crippen molar-refractivity contribution in [1.82, 2.24) is 14.2 Å². The Bertz CT molecular complexity index is 1730. The minimum Gasteiger partial charge on any atom is -0.486 e. The number of nitrogens with zero attached hydrogens (tertiary/aromatic N) is 3. The van der Waals surface area contributed by atoms with Gasteiger partial charge in [0.25, 0.3) is 0 Å². The quantitative estimate of drug-likeness (QED) is 0.119. The number of pyridine rings is 2. The van der Waals surface area contributed by atoms with Crippen LogP contribution in [0.2, 0.25) is 16.6 Å². The first-order valence-corrected chi connectivity index (χ1v) is 16.9. The maximum absolute atomic E-state index is 15.9. The standard InChI is InChI=1S/C35H37F2N3O2Si/c1-22(2)43(23(3)4,24(5)6)40-20-29(28-17-27(19-39-35(28)40)26-13-10-16-38-18-26)34(41)32-30(36)14-15-31(33(32)37)42-21-25-11-8-7-9-12-25/h7-20,22-24H,21H2,1-6H3. The molecule has 5 aromatic rings. The predicted molar refractivity (Wildman–Crippen MR) is 170 cm³/mol. The molecule has 5 rings (SSSR count). The van der Waals surface area contributed by atoms with Crippen molar-refractivity contribution in [1.29, 1.82) is 0 Å². The van der Waals surface area contributed by atoms with E-state index in [-0.39, 0.29) is 17.9 Å². The molecule has 0 fully saturated rings. The van der Waals surface area contributed by atoms with Crippen molar-refractivity contribution in [2.24, 2.45) is 0 Å². The van der Waals surface area contributed by atoms with Gasteiger partial charge in [0, 0.05) is 46.9 Å². The van der Waals surface area contributed by atoms with E-state index >= 15 is 8.78 Å². The molecule has 0 aliphatic rings. The fraction of sp³-hybridized carbons (Fsp3) is 0.286. The number of ketones is 1. The zero-order valence-electron chi connectivity index (χ0n) is 25.4. The van der Waals surface area contributed by atoms with Gasteiger partial charge in [-0.05, 0) is 46.5 Å². The van der Waals surface area contributed by atoms with Gasteiger partial charge in [-0.1, -0.05) is 77.9 Å². The number of ether oxygens (including phenoxy) is 1. The lowest BCUT2D eigenvalue weighted by Crippen LogP contribution is -2.51. The van der Waals surface area contributed by atoms with Gasteiger partial charge >= 0.3 is 0 Å². The molecule has 0 atom stereocenters. The fourth-order valence-electron chi connectivity index (χ4n) is 6.83. The largest absolute Gasteiger partial charge is 0.486 e. The summed E-state index contributed by atoms with van der Waals surface area (Å²) in [6.45, 7) is 13.4. The summed E-state index contributed by atoms with van der Waals surface area (Å²) >= 11 is 0. The topological polar surface area (TPSA) is 57.0 Å². The van der Waals surface area contributed by atoms with Crippen molar-refractivity contribution in [2.75, 3.05) is 0 Å². The Hall–Kier alpha value is -4.17. The molecule has 5 nitrogen and oxygen atoms in total. The first-order chi connectivity index (χ1) is 20.6. The van der Waals surface area contributed by atoms with Crippen molar-refractivity contribution >= 4 is 25.1 Å². The van der Waals surface area contributed by atoms with Gasteiger partial charge in [0.15, 0.2) is 19.8 Å². The summed E-state index contributed by atoms with van der Waals surface area (Å²) in [5, 5.41) is 0.555. The van der Waals surface area contributed by atoms with Crippen LogP contribution in [0.3, 0.4) is 0 Å². The number of fused-ring (bicyclic) bond motifs is 1. The van der Waals surface area contributed by atoms with Gasteiger partial charge in [-0.15, -0.1) is 0 Å². The minimum atomic E-state index is -2.40. The molecule has 0 aliphatic carbocycles. The SMILES string of the molecule is CC(C)[Si](C(C)C)(C(C)C)n1cc(C(=O)c2c(F)ccc(OCc3ccccc3)c2F)c2cc(-c3cccnc3)cnc21. The van der Waals surface area contributed by atoms with Gasteiger partial charge in [0.1, 0.15) is 18.1 Å². The molecule has 0 saturated carbocycles. The van der Waals surface area contributed by atoms with Gasteiger partial charge in [-0.25, -0.2) is 13.8 Å². The van der Waals surface area contributed by atoms with Crippen LogP contribution in [-0.4, -0.2) is 28.2 Å². The summed E-state index contributed by atoms with van der Waals surface area (Å²) in [6, 6.07) is 17.2. The molecule has 2 aromatic carbocycles. The number of rotatable bonds is 10. The van der Waals surface area contributed by atoms with Crippen molar-refractivity contribution in [3.05, 3.63) is 114 Å². The van der Waals surface area contributed by atoms with Crippen LogP contribution in [0.25, 0.3) is 22.2 Å². The lowest BCUT2D eigenvalue weighted by Gasteiger charge is -2.44. The maximum Gasteiger partial charge on any atom is 0.201 e. The molecule has 0 radical (unpaired) electrons. The monoisotopic (exact) mass is 597 g/mol. The molecular weight excluding hydrogens is 560 g/mol. The number of hydrogen-bond acceptors (Lipinski definition) is 4. The highest BCUT2D eigenvalue weighted by molar-refractivity contribution is 6.82. The van der Waals surface area contributed by atoms with Crippen LogP contribution < -0.4 is 4.74 Å². The van der Waals surface area contributed by atoms with E-state index in [0.717, 1.165) is 22.8 Å². The average Bonchev–Trinajstić information content (AvgIpc) is 3.36. The summed E-state index contributed by atoms with van der Waals surface area (Å²) in [5.41, 5.74) is 3.55. The van der Waals surface area contributed by atoms with Crippen LogP contribution in [0.1, 0.15) is 63.0 Å². The van der Waals surface area contributed by atoms with Crippen molar-refractivity contribution in [3.8, 4) is 16.9 Å². The maximum atomic E-state index is 15.9. The van der Waals surface area contributed by atoms with Crippen LogP contribution >= 0.6 is 0 Å². The molecule has 8 heteroatoms. The lowest BCUT2D eigenvalue weighted by atomic mass is 10.0. The van der Waals surface area contributed by atoms with Crippen LogP contribution in [0.5, 0.6) is 5.75 Å². The Kier molecular flexibility index (Phi) is 8.60. The van der Waals surface area contributed by atoms with E-state index in [0.29, 0.717) is 27.7 Å². The van der Waals surface area contributed by atoms with E-state index in [9.17, 15) is 4.79 Å². The summed E-state index contributed by atoms with van der Waals surface area (Å²) in [7, 11) is -2.40. The summed E-state index contributed by atoms with van der Waals surface area (Å²) in [5.74, 6) is -2.87. The zero-order chi connectivity index (χ0) is 30.9. The van der Waals surface area contributed by atoms with E-state index in [4.69, 9.17) is 9.72 Å². The zero-order valence-corrected chi connectivity index (χ0v) is 26.4. The van der Waals surface area contributed by atoms with E-state index in [1.807, 2.05) is 48.5 Å². The summed E-state index contributed by atoms with van der Waals surface area (Å²) < 4.78 is 39.2. The van der Waals surface area contributed by atoms with E-state index in [2.05, 4.69) is 50.8 Å². The second-order valence-corrected chi connectivity index (χ2v) is 17.7. The van der Waals surface area contributed by atoms with Crippen LogP contribution in [0.15, 0.2) is 85.5 Å². The van der Waals surface area contributed by atoms with Gasteiger partial charge in [-0.3, -0.25) is 9.78 Å². The first-order valence-electron chi connectivity index (χ1n) is 14.7. The Morgan fingerprint density at radius 1 is 0.884 bits per heavy atom. The van der Waals surface area contributed by atoms with Crippen molar-refractivity contribution in [2.45, 2.75) is 64.8 Å². The van der Waals surface area contributed by atoms with Gasteiger partial charge in [-0.2, -0.15) is 0 Å². The van der Waals surface area contributed by atoms with Crippen LogP contribution in [0.4, 0.5) is 8.78 Å². The van der Waals surface area contributed by atoms with E-state index in [1.54, 1.807) is 24.8 Å². The third kappa shape index (κ3) is 5.40. The molecule has 0 unspecified atom stereocenters. The Morgan fingerprint density at radius 3 is 2.21 bits per heavy atom. The Balaban J connectivity index is 1.71.